The van der Waals surface area contributed by atoms with Crippen LogP contribution in [0.25, 0.3) is 0 Å². The Bertz CT molecular complexity index is 2080. The molecule has 0 spiro atoms. The molecule has 5 rings (SSSR count). The van der Waals surface area contributed by atoms with E-state index in [-0.39, 0.29) is 48.8 Å². The lowest BCUT2D eigenvalue weighted by atomic mass is 9.86. The third-order valence-corrected chi connectivity index (χ3v) is 12.5. The van der Waals surface area contributed by atoms with E-state index in [2.05, 4.69) is 27.8 Å². The van der Waals surface area contributed by atoms with E-state index in [1.54, 1.807) is 13.2 Å². The van der Waals surface area contributed by atoms with Crippen molar-refractivity contribution in [2.75, 3.05) is 19.9 Å². The maximum Gasteiger partial charge on any atom is 0.339 e. The zero-order valence-electron chi connectivity index (χ0n) is 33.0. The minimum Gasteiger partial charge on any atom is -0.497 e. The molecule has 2 atom stereocenters. The van der Waals surface area contributed by atoms with E-state index in [0.29, 0.717) is 4.64 Å². The zero-order chi connectivity index (χ0) is 48.1. The molecule has 0 amide bonds. The lowest BCUT2D eigenvalue weighted by molar-refractivity contribution is -0.149. The van der Waals surface area contributed by atoms with E-state index in [1.165, 1.54) is 30.3 Å². The molecular weight excluding hydrogens is 979 g/mol. The average Bonchev–Trinajstić information content (AvgIpc) is 3.16. The normalized spacial score (nSPS) is 15.9. The second-order valence-corrected chi connectivity index (χ2v) is 18.3. The van der Waals surface area contributed by atoms with Crippen LogP contribution in [0.4, 0.5) is 0 Å². The number of rotatable bonds is 14. The van der Waals surface area contributed by atoms with E-state index in [0.717, 1.165) is 37.2 Å². The fraction of sp³-hybridized carbons (Fsp3) is 0.378. The van der Waals surface area contributed by atoms with Crippen LogP contribution < -0.4 is 15.4 Å². The monoisotopic (exact) mass is 1020 g/mol. The number of hydrogen-bond acceptors (Lipinski definition) is 12. The number of carboxylic acids is 6. The van der Waals surface area contributed by atoms with Crippen LogP contribution in [-0.2, 0) is 29.5 Å². The SMILES string of the molecule is COc1ccc(CSC2(CC(=O)O)CCCCC2)cc1.O=C(O)CNCP(=O)(O)O.O=C(O)[C@@H]1C[C@H](C(=O)O)N1.O=C(O)c1c(Cl)c(Cl)cc(Cl)c1Cl.O=C(O)c1ccc(=S)[nH]c1. The van der Waals surface area contributed by atoms with Crippen molar-refractivity contribution in [3.8, 4) is 5.75 Å². The number of methoxy groups -OCH3 is 1. The van der Waals surface area contributed by atoms with Gasteiger partial charge in [-0.25, -0.2) is 9.59 Å². The molecule has 63 heavy (non-hydrogen) atoms. The Morgan fingerprint density at radius 1 is 0.825 bits per heavy atom. The van der Waals surface area contributed by atoms with Crippen LogP contribution in [0.3, 0.4) is 0 Å². The summed E-state index contributed by atoms with van der Waals surface area (Å²) in [6.45, 7) is -0.439. The highest BCUT2D eigenvalue weighted by Gasteiger charge is 2.38. The fourth-order valence-corrected chi connectivity index (χ4v) is 8.18. The molecule has 348 valence electrons. The molecule has 0 radical (unpaired) electrons. The van der Waals surface area contributed by atoms with Crippen molar-refractivity contribution in [3.63, 3.8) is 0 Å². The molecule has 2 aromatic carbocycles. The van der Waals surface area contributed by atoms with Gasteiger partial charge in [-0.3, -0.25) is 34.4 Å². The van der Waals surface area contributed by atoms with Gasteiger partial charge in [0.1, 0.15) is 22.5 Å². The van der Waals surface area contributed by atoms with E-state index in [1.807, 2.05) is 23.9 Å². The highest BCUT2D eigenvalue weighted by molar-refractivity contribution is 7.99. The number of nitrogens with one attached hydrogen (secondary N) is 3. The van der Waals surface area contributed by atoms with Crippen molar-refractivity contribution in [3.05, 3.63) is 90.1 Å². The van der Waals surface area contributed by atoms with Crippen molar-refractivity contribution in [1.29, 1.82) is 0 Å². The van der Waals surface area contributed by atoms with Gasteiger partial charge in [0.15, 0.2) is 0 Å². The van der Waals surface area contributed by atoms with E-state index in [4.69, 9.17) is 104 Å². The number of halogens is 4. The molecule has 2 heterocycles. The first-order valence-corrected chi connectivity index (χ1v) is 22.7. The highest BCUT2D eigenvalue weighted by atomic mass is 35.5. The molecule has 1 aliphatic carbocycles. The molecule has 1 aliphatic heterocycles. The molecule has 2 fully saturated rings. The number of carboxylic acid groups (broad SMARTS) is 6. The number of thioether (sulfide) groups is 1. The Balaban J connectivity index is 0.000000408. The van der Waals surface area contributed by atoms with Gasteiger partial charge >= 0.3 is 43.4 Å². The van der Waals surface area contributed by atoms with E-state index < -0.39 is 68.3 Å². The summed E-state index contributed by atoms with van der Waals surface area (Å²) in [6.07, 6.45) is 6.85. The van der Waals surface area contributed by atoms with Gasteiger partial charge in [-0.05, 0) is 55.2 Å². The Labute approximate surface area is 389 Å². The van der Waals surface area contributed by atoms with Gasteiger partial charge in [0.05, 0.1) is 57.6 Å². The van der Waals surface area contributed by atoms with Crippen LogP contribution in [0, 0.1) is 4.64 Å². The maximum absolute atomic E-state index is 11.1. The van der Waals surface area contributed by atoms with Crippen LogP contribution in [0.2, 0.25) is 20.1 Å². The number of aromatic nitrogens is 1. The zero-order valence-corrected chi connectivity index (χ0v) is 38.5. The number of carbonyl (C=O) groups is 6. The van der Waals surface area contributed by atoms with Gasteiger partial charge in [0.25, 0.3) is 0 Å². The number of ether oxygens (including phenoxy) is 1. The molecule has 3 aromatic rings. The third-order valence-electron chi connectivity index (χ3n) is 8.36. The number of aromatic amines is 1. The van der Waals surface area contributed by atoms with Crippen LogP contribution in [0.5, 0.6) is 5.75 Å². The first-order valence-electron chi connectivity index (χ1n) is 18.0. The summed E-state index contributed by atoms with van der Waals surface area (Å²) in [4.78, 5) is 81.0. The van der Waals surface area contributed by atoms with Crippen molar-refractivity contribution >= 4 is 114 Å². The summed E-state index contributed by atoms with van der Waals surface area (Å²) in [5.41, 5.74) is 1.17. The van der Waals surface area contributed by atoms with Crippen LogP contribution >= 0.6 is 78.0 Å². The highest BCUT2D eigenvalue weighted by Crippen LogP contribution is 2.44. The van der Waals surface area contributed by atoms with Crippen LogP contribution in [0.15, 0.2) is 48.7 Å². The van der Waals surface area contributed by atoms with Gasteiger partial charge < -0.3 is 50.1 Å². The quantitative estimate of drug-likeness (QED) is 0.0431. The minimum absolute atomic E-state index is 0.0634. The summed E-state index contributed by atoms with van der Waals surface area (Å²) in [6, 6.07) is 11.0. The number of pyridine rings is 1. The Morgan fingerprint density at radius 2 is 1.35 bits per heavy atom. The van der Waals surface area contributed by atoms with Crippen molar-refractivity contribution in [1.82, 2.24) is 15.6 Å². The Hall–Kier alpha value is -3.99. The molecular formula is C37H44Cl4N3O16PS2. The second-order valence-electron chi connectivity index (χ2n) is 13.2. The lowest BCUT2D eigenvalue weighted by Crippen LogP contribution is -2.59. The summed E-state index contributed by atoms with van der Waals surface area (Å²) in [7, 11) is -2.44. The van der Waals surface area contributed by atoms with Crippen molar-refractivity contribution in [2.24, 2.45) is 0 Å². The number of aromatic carboxylic acids is 2. The molecule has 1 saturated heterocycles. The van der Waals surface area contributed by atoms with Gasteiger partial charge in [-0.15, -0.1) is 11.8 Å². The smallest absolute Gasteiger partial charge is 0.339 e. The topological polar surface area (TPSA) is 330 Å². The largest absolute Gasteiger partial charge is 0.497 e. The second kappa shape index (κ2) is 28.0. The third kappa shape index (κ3) is 22.5. The van der Waals surface area contributed by atoms with Crippen LogP contribution in [-0.4, -0.2) is 118 Å². The molecule has 2 aliphatic rings. The molecule has 26 heteroatoms. The molecule has 19 nitrogen and oxygen atoms in total. The van der Waals surface area contributed by atoms with Crippen molar-refractivity contribution < 1.29 is 78.5 Å². The molecule has 0 unspecified atom stereocenters. The first-order chi connectivity index (χ1) is 29.3. The maximum atomic E-state index is 11.1. The number of hydrogen-bond donors (Lipinski definition) is 11. The number of H-pyrrole nitrogens is 1. The fourth-order valence-electron chi connectivity index (χ4n) is 5.21. The summed E-state index contributed by atoms with van der Waals surface area (Å²) in [5.74, 6) is -4.28. The Kier molecular flexibility index (Phi) is 25.4. The van der Waals surface area contributed by atoms with Gasteiger partial charge in [-0.1, -0.05) is 90.0 Å². The molecule has 1 aromatic heterocycles. The van der Waals surface area contributed by atoms with E-state index in [9.17, 15) is 33.3 Å². The summed E-state index contributed by atoms with van der Waals surface area (Å²) < 4.78 is 15.7. The molecule has 0 bridgehead atoms. The Morgan fingerprint density at radius 3 is 1.73 bits per heavy atom. The van der Waals surface area contributed by atoms with Gasteiger partial charge in [-0.2, -0.15) is 0 Å². The van der Waals surface area contributed by atoms with Crippen molar-refractivity contribution in [2.45, 2.75) is 67.5 Å². The number of aliphatic carboxylic acids is 4. The molecule has 1 saturated carbocycles. The minimum atomic E-state index is -4.10. The lowest BCUT2D eigenvalue weighted by Gasteiger charge is -2.35. The summed E-state index contributed by atoms with van der Waals surface area (Å²) in [5, 5.41) is 55.2. The average molecular weight is 1020 g/mol. The predicted molar refractivity (Wildman–Crippen MR) is 238 cm³/mol. The van der Waals surface area contributed by atoms with Gasteiger partial charge in [0.2, 0.25) is 0 Å². The number of benzene rings is 2. The van der Waals surface area contributed by atoms with Gasteiger partial charge in [0, 0.05) is 16.7 Å². The first kappa shape index (κ1) is 57.0. The van der Waals surface area contributed by atoms with Crippen LogP contribution in [0.1, 0.15) is 71.2 Å². The summed E-state index contributed by atoms with van der Waals surface area (Å²) >= 11 is 28.9. The van der Waals surface area contributed by atoms with E-state index >= 15 is 0 Å². The standard InChI is InChI=1S/C16H22O3S.C7H2Cl4O2.C6H5NO2S.C5H7NO4.C3H8NO5P/c1-19-14-7-5-13(6-8-14)12-20-16(11-15(17)18)9-3-2-4-10-16;8-2-1-3(9)6(11)4(5(2)10)7(12)13;8-6(9)4-1-2-5(10)7-3-4;7-4(8)2-1-3(6-2)5(9)10;5-3(6)1-4-2-10(7,8)9/h5-8H,2-4,9-12H2,1H3,(H,17,18);1H,(H,12,13);1-3H,(H,7,10)(H,8,9);2-3,6H,1H2,(H,7,8)(H,9,10);4H,1-2H2,(H,5,6)(H2,7,8,9)/t;;;2-,3+;. The predicted octanol–water partition coefficient (Wildman–Crippen LogP) is 7.23. The molecule has 11 N–H and O–H groups in total.